The van der Waals surface area contributed by atoms with E-state index in [9.17, 15) is 9.59 Å². The summed E-state index contributed by atoms with van der Waals surface area (Å²) in [6.07, 6.45) is 0.187. The Morgan fingerprint density at radius 2 is 1.90 bits per heavy atom. The van der Waals surface area contributed by atoms with E-state index in [2.05, 4.69) is 10.3 Å². The van der Waals surface area contributed by atoms with Gasteiger partial charge in [0.25, 0.3) is 5.56 Å². The van der Waals surface area contributed by atoms with Gasteiger partial charge in [-0.15, -0.1) is 0 Å². The minimum absolute atomic E-state index is 0.155. The summed E-state index contributed by atoms with van der Waals surface area (Å²) in [6, 6.07) is 14.9. The minimum atomic E-state index is -0.359. The van der Waals surface area contributed by atoms with Gasteiger partial charge in [-0.1, -0.05) is 41.9 Å². The Hall–Kier alpha value is -2.90. The van der Waals surface area contributed by atoms with E-state index in [-0.39, 0.29) is 28.6 Å². The zero-order valence-corrected chi connectivity index (χ0v) is 17.1. The number of H-pyrrole nitrogens is 1. The number of carbonyl (C=O) groups is 1. The average molecular weight is 428 g/mol. The van der Waals surface area contributed by atoms with Gasteiger partial charge in [-0.25, -0.2) is 0 Å². The minimum Gasteiger partial charge on any atom is -0.489 e. The van der Waals surface area contributed by atoms with Crippen LogP contribution in [0.15, 0.2) is 53.3 Å². The highest BCUT2D eigenvalue weighted by atomic mass is 35.5. The molecule has 6 nitrogen and oxygen atoms in total. The second kappa shape index (κ2) is 7.85. The second-order valence-corrected chi connectivity index (χ2v) is 7.63. The van der Waals surface area contributed by atoms with E-state index < -0.39 is 0 Å². The van der Waals surface area contributed by atoms with Crippen LogP contribution in [0, 0.1) is 4.77 Å². The first-order valence-electron chi connectivity index (χ1n) is 9.03. The molecular weight excluding hydrogens is 410 g/mol. The Kier molecular flexibility index (Phi) is 5.25. The Bertz CT molecular complexity index is 1200. The van der Waals surface area contributed by atoms with Gasteiger partial charge in [0.2, 0.25) is 5.91 Å². The summed E-state index contributed by atoms with van der Waals surface area (Å²) >= 11 is 11.3. The van der Waals surface area contributed by atoms with Crippen molar-refractivity contribution in [3.63, 3.8) is 0 Å². The van der Waals surface area contributed by atoms with Crippen LogP contribution < -0.4 is 15.6 Å². The van der Waals surface area contributed by atoms with Gasteiger partial charge in [-0.3, -0.25) is 14.6 Å². The van der Waals surface area contributed by atoms with E-state index in [4.69, 9.17) is 28.6 Å². The molecule has 3 aromatic rings. The molecule has 0 spiro atoms. The van der Waals surface area contributed by atoms with Crippen LogP contribution in [0.4, 0.5) is 5.82 Å². The number of halogens is 1. The van der Waals surface area contributed by atoms with Crippen LogP contribution in [-0.4, -0.2) is 15.5 Å². The quantitative estimate of drug-likeness (QED) is 0.613. The summed E-state index contributed by atoms with van der Waals surface area (Å²) in [7, 11) is 1.71. The van der Waals surface area contributed by atoms with Crippen LogP contribution in [0.2, 0.25) is 5.02 Å². The smallest absolute Gasteiger partial charge is 0.257 e. The number of amides is 1. The Morgan fingerprint density at radius 3 is 2.62 bits per heavy atom. The van der Waals surface area contributed by atoms with Crippen molar-refractivity contribution >= 4 is 35.5 Å². The molecule has 1 aromatic heterocycles. The van der Waals surface area contributed by atoms with E-state index in [1.807, 2.05) is 48.5 Å². The topological polar surface area (TPSA) is 76.1 Å². The van der Waals surface area contributed by atoms with Crippen molar-refractivity contribution in [3.05, 3.63) is 85.4 Å². The molecule has 1 atom stereocenters. The van der Waals surface area contributed by atoms with Crippen LogP contribution in [-0.2, 0) is 18.4 Å². The number of hydrogen-bond acceptors (Lipinski definition) is 4. The van der Waals surface area contributed by atoms with Crippen molar-refractivity contribution in [3.8, 4) is 5.75 Å². The van der Waals surface area contributed by atoms with E-state index in [0.717, 1.165) is 11.1 Å². The molecule has 0 saturated carbocycles. The number of rotatable bonds is 4. The van der Waals surface area contributed by atoms with Crippen molar-refractivity contribution in [2.45, 2.75) is 18.9 Å². The number of hydrogen-bond donors (Lipinski definition) is 2. The molecule has 8 heteroatoms. The van der Waals surface area contributed by atoms with Gasteiger partial charge in [0.05, 0.1) is 5.56 Å². The van der Waals surface area contributed by atoms with Gasteiger partial charge in [0.1, 0.15) is 18.2 Å². The molecule has 0 radical (unpaired) electrons. The summed E-state index contributed by atoms with van der Waals surface area (Å²) in [6.45, 7) is 0.352. The molecular formula is C21H18ClN3O3S. The average Bonchev–Trinajstić information content (AvgIpc) is 2.71. The molecule has 1 aliphatic rings. The number of ether oxygens (including phenoxy) is 1. The Labute approximate surface area is 177 Å². The number of nitrogens with zero attached hydrogens (tertiary/aromatic N) is 1. The largest absolute Gasteiger partial charge is 0.489 e. The first-order valence-corrected chi connectivity index (χ1v) is 9.82. The Balaban J connectivity index is 1.61. The molecule has 2 heterocycles. The zero-order chi connectivity index (χ0) is 20.5. The molecule has 1 aliphatic heterocycles. The van der Waals surface area contributed by atoms with E-state index in [0.29, 0.717) is 28.8 Å². The molecule has 0 bridgehead atoms. The molecule has 2 aromatic carbocycles. The second-order valence-electron chi connectivity index (χ2n) is 6.83. The van der Waals surface area contributed by atoms with Crippen LogP contribution in [0.25, 0.3) is 0 Å². The van der Waals surface area contributed by atoms with Crippen LogP contribution in [0.1, 0.15) is 29.0 Å². The van der Waals surface area contributed by atoms with Crippen LogP contribution in [0.3, 0.4) is 0 Å². The maximum absolute atomic E-state index is 12.6. The highest BCUT2D eigenvalue weighted by Crippen LogP contribution is 2.35. The SMILES string of the molecule is Cn1c2c(c(=O)[nH]c1=S)C(c1ccc(OCc3ccccc3Cl)cc1)CC(=O)N2. The van der Waals surface area contributed by atoms with E-state index >= 15 is 0 Å². The molecule has 0 aliphatic carbocycles. The van der Waals surface area contributed by atoms with Crippen molar-refractivity contribution in [1.29, 1.82) is 0 Å². The van der Waals surface area contributed by atoms with E-state index in [1.54, 1.807) is 11.6 Å². The van der Waals surface area contributed by atoms with Gasteiger partial charge in [-0.2, -0.15) is 0 Å². The lowest BCUT2D eigenvalue weighted by atomic mass is 9.87. The summed E-state index contributed by atoms with van der Waals surface area (Å²) in [5, 5.41) is 3.42. The first kappa shape index (κ1) is 19.4. The van der Waals surface area contributed by atoms with Crippen molar-refractivity contribution in [2.75, 3.05) is 5.32 Å². The lowest BCUT2D eigenvalue weighted by Crippen LogP contribution is -2.33. The molecule has 0 fully saturated rings. The maximum atomic E-state index is 12.6. The van der Waals surface area contributed by atoms with Crippen molar-refractivity contribution < 1.29 is 9.53 Å². The standard InChI is InChI=1S/C21H18ClN3O3S/c1-25-19-18(20(27)24-21(25)29)15(10-17(26)23-19)12-6-8-14(9-7-12)28-11-13-4-2-3-5-16(13)22/h2-9,15H,10-11H2,1H3,(H,23,26)(H,24,27,29). The van der Waals surface area contributed by atoms with Crippen LogP contribution in [0.5, 0.6) is 5.75 Å². The summed E-state index contributed by atoms with van der Waals surface area (Å²) in [5.41, 5.74) is 1.97. The fourth-order valence-corrected chi connectivity index (χ4v) is 3.81. The number of anilines is 1. The van der Waals surface area contributed by atoms with Crippen molar-refractivity contribution in [1.82, 2.24) is 9.55 Å². The monoisotopic (exact) mass is 427 g/mol. The lowest BCUT2D eigenvalue weighted by Gasteiger charge is -2.26. The zero-order valence-electron chi connectivity index (χ0n) is 15.6. The van der Waals surface area contributed by atoms with Crippen molar-refractivity contribution in [2.24, 2.45) is 7.05 Å². The number of carbonyl (C=O) groups excluding carboxylic acids is 1. The summed E-state index contributed by atoms with van der Waals surface area (Å²) < 4.78 is 7.69. The number of fused-ring (bicyclic) bond motifs is 1. The number of aromatic nitrogens is 2. The van der Waals surface area contributed by atoms with Gasteiger partial charge < -0.3 is 14.6 Å². The third-order valence-electron chi connectivity index (χ3n) is 4.99. The normalized spacial score (nSPS) is 15.5. The maximum Gasteiger partial charge on any atom is 0.257 e. The van der Waals surface area contributed by atoms with Gasteiger partial charge in [0.15, 0.2) is 4.77 Å². The number of aromatic amines is 1. The molecule has 2 N–H and O–H groups in total. The molecule has 4 rings (SSSR count). The van der Waals surface area contributed by atoms with Crippen LogP contribution >= 0.6 is 23.8 Å². The number of benzene rings is 2. The summed E-state index contributed by atoms with van der Waals surface area (Å²) in [5.74, 6) is 0.604. The molecule has 29 heavy (non-hydrogen) atoms. The third-order valence-corrected chi connectivity index (χ3v) is 5.74. The van der Waals surface area contributed by atoms with E-state index in [1.165, 1.54) is 0 Å². The first-order chi connectivity index (χ1) is 13.9. The summed E-state index contributed by atoms with van der Waals surface area (Å²) in [4.78, 5) is 27.5. The highest BCUT2D eigenvalue weighted by molar-refractivity contribution is 7.71. The molecule has 0 saturated heterocycles. The molecule has 1 amide bonds. The predicted molar refractivity (Wildman–Crippen MR) is 114 cm³/mol. The lowest BCUT2D eigenvalue weighted by molar-refractivity contribution is -0.116. The third kappa shape index (κ3) is 3.83. The highest BCUT2D eigenvalue weighted by Gasteiger charge is 2.31. The van der Waals surface area contributed by atoms with Gasteiger partial charge >= 0.3 is 0 Å². The molecule has 148 valence electrons. The Morgan fingerprint density at radius 1 is 1.17 bits per heavy atom. The predicted octanol–water partition coefficient (Wildman–Crippen LogP) is 4.15. The number of nitrogens with one attached hydrogen (secondary N) is 2. The molecule has 1 unspecified atom stereocenters. The van der Waals surface area contributed by atoms with Gasteiger partial charge in [0, 0.05) is 30.0 Å². The fraction of sp³-hybridized carbons (Fsp3) is 0.190. The fourth-order valence-electron chi connectivity index (χ4n) is 3.44. The van der Waals surface area contributed by atoms with Gasteiger partial charge in [-0.05, 0) is 36.0 Å².